The van der Waals surface area contributed by atoms with Crippen molar-refractivity contribution in [1.82, 2.24) is 4.98 Å². The molecule has 1 aromatic heterocycles. The number of hydrogen-bond donors (Lipinski definition) is 0. The smallest absolute Gasteiger partial charge is 0.161 e. The number of aromatic nitrogens is 1. The topological polar surface area (TPSA) is 31.4 Å². The van der Waals surface area contributed by atoms with Crippen LogP contribution in [0.1, 0.15) is 11.8 Å². The molecule has 23 heavy (non-hydrogen) atoms. The maximum Gasteiger partial charge on any atom is 0.161 e. The summed E-state index contributed by atoms with van der Waals surface area (Å²) < 4.78 is 11.0. The van der Waals surface area contributed by atoms with Gasteiger partial charge in [0.25, 0.3) is 0 Å². The van der Waals surface area contributed by atoms with E-state index in [0.29, 0.717) is 6.61 Å². The SMILES string of the molecule is CCOc1ccc(-c2nc(-c3ccccc3)c(C)s2)cc1OC. The Morgan fingerprint density at radius 3 is 2.48 bits per heavy atom. The fourth-order valence-corrected chi connectivity index (χ4v) is 3.39. The Hall–Kier alpha value is -2.33. The summed E-state index contributed by atoms with van der Waals surface area (Å²) in [4.78, 5) is 6.03. The number of rotatable bonds is 5. The summed E-state index contributed by atoms with van der Waals surface area (Å²) in [5.74, 6) is 1.49. The Kier molecular flexibility index (Phi) is 4.63. The van der Waals surface area contributed by atoms with E-state index in [2.05, 4.69) is 19.1 Å². The summed E-state index contributed by atoms with van der Waals surface area (Å²) in [5.41, 5.74) is 3.23. The van der Waals surface area contributed by atoms with Crippen LogP contribution in [-0.2, 0) is 0 Å². The van der Waals surface area contributed by atoms with Crippen molar-refractivity contribution in [3.8, 4) is 33.3 Å². The third-order valence-electron chi connectivity index (χ3n) is 3.55. The first-order valence-electron chi connectivity index (χ1n) is 7.57. The number of hydrogen-bond acceptors (Lipinski definition) is 4. The van der Waals surface area contributed by atoms with Crippen molar-refractivity contribution in [1.29, 1.82) is 0 Å². The summed E-state index contributed by atoms with van der Waals surface area (Å²) in [6.07, 6.45) is 0. The minimum Gasteiger partial charge on any atom is -0.493 e. The molecule has 3 aromatic rings. The third kappa shape index (κ3) is 3.22. The predicted molar refractivity (Wildman–Crippen MR) is 95.4 cm³/mol. The molecule has 0 spiro atoms. The molecule has 3 rings (SSSR count). The Bertz CT molecular complexity index is 796. The van der Waals surface area contributed by atoms with E-state index >= 15 is 0 Å². The van der Waals surface area contributed by atoms with Crippen LogP contribution in [0.25, 0.3) is 21.8 Å². The van der Waals surface area contributed by atoms with Crippen LogP contribution in [-0.4, -0.2) is 18.7 Å². The van der Waals surface area contributed by atoms with Crippen LogP contribution in [0, 0.1) is 6.92 Å². The Morgan fingerprint density at radius 1 is 1.00 bits per heavy atom. The van der Waals surface area contributed by atoms with E-state index < -0.39 is 0 Å². The molecule has 4 heteroatoms. The highest BCUT2D eigenvalue weighted by molar-refractivity contribution is 7.15. The standard InChI is InChI=1S/C19H19NO2S/c1-4-22-16-11-10-15(12-17(16)21-3)19-20-18(13(2)23-19)14-8-6-5-7-9-14/h5-12H,4H2,1-3H3. The monoisotopic (exact) mass is 325 g/mol. The van der Waals surface area contributed by atoms with Gasteiger partial charge in [-0.05, 0) is 32.0 Å². The minimum absolute atomic E-state index is 0.615. The number of nitrogens with zero attached hydrogens (tertiary/aromatic N) is 1. The first kappa shape index (κ1) is 15.6. The molecule has 0 amide bonds. The fourth-order valence-electron chi connectivity index (χ4n) is 2.46. The lowest BCUT2D eigenvalue weighted by Gasteiger charge is -2.09. The molecule has 1 heterocycles. The highest BCUT2D eigenvalue weighted by atomic mass is 32.1. The normalized spacial score (nSPS) is 10.6. The van der Waals surface area contributed by atoms with Crippen LogP contribution in [0.2, 0.25) is 0 Å². The predicted octanol–water partition coefficient (Wildman–Crippen LogP) is 5.19. The van der Waals surface area contributed by atoms with Gasteiger partial charge in [0, 0.05) is 16.0 Å². The zero-order chi connectivity index (χ0) is 16.2. The molecule has 0 saturated heterocycles. The third-order valence-corrected chi connectivity index (χ3v) is 4.57. The van der Waals surface area contributed by atoms with Crippen molar-refractivity contribution >= 4 is 11.3 Å². The summed E-state index contributed by atoms with van der Waals surface area (Å²) in [5, 5.41) is 0.989. The van der Waals surface area contributed by atoms with Crippen molar-refractivity contribution in [2.45, 2.75) is 13.8 Å². The van der Waals surface area contributed by atoms with Gasteiger partial charge in [-0.2, -0.15) is 0 Å². The molecule has 0 aliphatic carbocycles. The molecule has 2 aromatic carbocycles. The van der Waals surface area contributed by atoms with Gasteiger partial charge in [0.05, 0.1) is 19.4 Å². The van der Waals surface area contributed by atoms with Gasteiger partial charge < -0.3 is 9.47 Å². The average molecular weight is 325 g/mol. The zero-order valence-electron chi connectivity index (χ0n) is 13.5. The number of aryl methyl sites for hydroxylation is 1. The molecule has 0 fully saturated rings. The zero-order valence-corrected chi connectivity index (χ0v) is 14.3. The van der Waals surface area contributed by atoms with Gasteiger partial charge in [-0.15, -0.1) is 11.3 Å². The van der Waals surface area contributed by atoms with Crippen LogP contribution in [0.3, 0.4) is 0 Å². The quantitative estimate of drug-likeness (QED) is 0.646. The maximum atomic E-state index is 5.58. The highest BCUT2D eigenvalue weighted by Gasteiger charge is 2.13. The van der Waals surface area contributed by atoms with Gasteiger partial charge >= 0.3 is 0 Å². The number of thiazole rings is 1. The minimum atomic E-state index is 0.615. The second-order valence-electron chi connectivity index (χ2n) is 5.09. The highest BCUT2D eigenvalue weighted by Crippen LogP contribution is 2.37. The van der Waals surface area contributed by atoms with Gasteiger partial charge in [0.1, 0.15) is 5.01 Å². The van der Waals surface area contributed by atoms with Crippen LogP contribution in [0.4, 0.5) is 0 Å². The van der Waals surface area contributed by atoms with E-state index in [4.69, 9.17) is 14.5 Å². The van der Waals surface area contributed by atoms with Gasteiger partial charge in [-0.25, -0.2) is 4.98 Å². The molecule has 118 valence electrons. The van der Waals surface area contributed by atoms with Crippen LogP contribution >= 0.6 is 11.3 Å². The second-order valence-corrected chi connectivity index (χ2v) is 6.29. The molecular weight excluding hydrogens is 306 g/mol. The van der Waals surface area contributed by atoms with E-state index in [9.17, 15) is 0 Å². The van der Waals surface area contributed by atoms with Gasteiger partial charge in [-0.3, -0.25) is 0 Å². The van der Waals surface area contributed by atoms with Crippen molar-refractivity contribution in [3.05, 3.63) is 53.4 Å². The van der Waals surface area contributed by atoms with Crippen LogP contribution in [0.15, 0.2) is 48.5 Å². The molecule has 0 radical (unpaired) electrons. The van der Waals surface area contributed by atoms with Crippen molar-refractivity contribution < 1.29 is 9.47 Å². The molecule has 0 aliphatic rings. The molecular formula is C19H19NO2S. The maximum absolute atomic E-state index is 5.58. The van der Waals surface area contributed by atoms with Crippen molar-refractivity contribution in [2.24, 2.45) is 0 Å². The Morgan fingerprint density at radius 2 is 1.78 bits per heavy atom. The Labute approximate surface area is 140 Å². The van der Waals surface area contributed by atoms with E-state index in [1.165, 1.54) is 4.88 Å². The lowest BCUT2D eigenvalue weighted by atomic mass is 10.1. The van der Waals surface area contributed by atoms with E-state index in [1.807, 2.05) is 43.3 Å². The largest absolute Gasteiger partial charge is 0.493 e. The van der Waals surface area contributed by atoms with Crippen molar-refractivity contribution in [3.63, 3.8) is 0 Å². The molecule has 0 N–H and O–H groups in total. The summed E-state index contributed by atoms with van der Waals surface area (Å²) in [7, 11) is 1.66. The molecule has 3 nitrogen and oxygen atoms in total. The van der Waals surface area contributed by atoms with Gasteiger partial charge in [-0.1, -0.05) is 30.3 Å². The molecule has 0 aliphatic heterocycles. The molecule has 0 unspecified atom stereocenters. The van der Waals surface area contributed by atoms with Crippen LogP contribution in [0.5, 0.6) is 11.5 Å². The number of ether oxygens (including phenoxy) is 2. The first-order valence-corrected chi connectivity index (χ1v) is 8.38. The summed E-state index contributed by atoms with van der Waals surface area (Å²) in [6.45, 7) is 4.68. The van der Waals surface area contributed by atoms with Crippen LogP contribution < -0.4 is 9.47 Å². The fraction of sp³-hybridized carbons (Fsp3) is 0.211. The number of methoxy groups -OCH3 is 1. The van der Waals surface area contributed by atoms with E-state index in [1.54, 1.807) is 18.4 Å². The molecule has 0 atom stereocenters. The van der Waals surface area contributed by atoms with E-state index in [0.717, 1.165) is 33.3 Å². The van der Waals surface area contributed by atoms with Gasteiger partial charge in [0.15, 0.2) is 11.5 Å². The number of benzene rings is 2. The summed E-state index contributed by atoms with van der Waals surface area (Å²) >= 11 is 1.69. The van der Waals surface area contributed by atoms with E-state index in [-0.39, 0.29) is 0 Å². The second kappa shape index (κ2) is 6.84. The van der Waals surface area contributed by atoms with Crippen molar-refractivity contribution in [2.75, 3.05) is 13.7 Å². The summed E-state index contributed by atoms with van der Waals surface area (Å²) in [6, 6.07) is 16.2. The Balaban J connectivity index is 2.00. The lowest BCUT2D eigenvalue weighted by molar-refractivity contribution is 0.311. The first-order chi connectivity index (χ1) is 11.2. The van der Waals surface area contributed by atoms with Gasteiger partial charge in [0.2, 0.25) is 0 Å². The molecule has 0 bridgehead atoms. The average Bonchev–Trinajstić information content (AvgIpc) is 2.98. The lowest BCUT2D eigenvalue weighted by Crippen LogP contribution is -1.95. The molecule has 0 saturated carbocycles.